The predicted molar refractivity (Wildman–Crippen MR) is 78.5 cm³/mol. The number of nitrogens with zero attached hydrogens (tertiary/aromatic N) is 1. The predicted octanol–water partition coefficient (Wildman–Crippen LogP) is 1.02. The Morgan fingerprint density at radius 3 is 2.60 bits per heavy atom. The monoisotopic (exact) mass is 306 g/mol. The Hall–Kier alpha value is -0.820. The van der Waals surface area contributed by atoms with Crippen LogP contribution in [0.3, 0.4) is 0 Å². The van der Waals surface area contributed by atoms with Crippen LogP contribution in [0.5, 0.6) is 0 Å². The number of carbonyl (C=O) groups is 1. The van der Waals surface area contributed by atoms with E-state index in [1.807, 2.05) is 20.8 Å². The minimum Gasteiger partial charge on any atom is -0.444 e. The molecular weight excluding hydrogens is 280 g/mol. The number of rotatable bonds is 4. The standard InChI is InChI=1S/C13H26N2O4S/c1-13(2,3)19-12(16)15(4)8-7-14-11-6-5-9-20(17,18)10-11/h11,14H,5-10H2,1-4H3. The summed E-state index contributed by atoms with van der Waals surface area (Å²) in [5.74, 6) is 0.492. The first-order valence-electron chi connectivity index (χ1n) is 6.97. The molecule has 0 bridgehead atoms. The number of sulfone groups is 1. The van der Waals surface area contributed by atoms with Gasteiger partial charge in [-0.25, -0.2) is 13.2 Å². The van der Waals surface area contributed by atoms with Crippen LogP contribution in [0.1, 0.15) is 33.6 Å². The number of ether oxygens (including phenoxy) is 1. The molecule has 1 rings (SSSR count). The highest BCUT2D eigenvalue weighted by Crippen LogP contribution is 2.12. The van der Waals surface area contributed by atoms with Gasteiger partial charge in [0.05, 0.1) is 11.5 Å². The maximum absolute atomic E-state index is 11.7. The fraction of sp³-hybridized carbons (Fsp3) is 0.923. The molecule has 0 radical (unpaired) electrons. The van der Waals surface area contributed by atoms with Crippen LogP contribution in [-0.2, 0) is 14.6 Å². The molecule has 1 aliphatic heterocycles. The highest BCUT2D eigenvalue weighted by atomic mass is 32.2. The summed E-state index contributed by atoms with van der Waals surface area (Å²) in [7, 11) is -1.22. The molecule has 0 aromatic carbocycles. The Bertz CT molecular complexity index is 428. The van der Waals surface area contributed by atoms with E-state index in [0.717, 1.165) is 6.42 Å². The first-order chi connectivity index (χ1) is 9.09. The fourth-order valence-electron chi connectivity index (χ4n) is 2.05. The highest BCUT2D eigenvalue weighted by Gasteiger charge is 2.24. The molecule has 1 aliphatic rings. The second kappa shape index (κ2) is 6.76. The molecule has 1 heterocycles. The summed E-state index contributed by atoms with van der Waals surface area (Å²) in [5.41, 5.74) is -0.504. The third-order valence-corrected chi connectivity index (χ3v) is 4.87. The summed E-state index contributed by atoms with van der Waals surface area (Å²) in [5, 5.41) is 3.20. The molecule has 6 nitrogen and oxygen atoms in total. The zero-order valence-corrected chi connectivity index (χ0v) is 13.6. The number of hydrogen-bond acceptors (Lipinski definition) is 5. The van der Waals surface area contributed by atoms with E-state index in [1.54, 1.807) is 7.05 Å². The highest BCUT2D eigenvalue weighted by molar-refractivity contribution is 7.91. The normalized spacial score (nSPS) is 22.3. The lowest BCUT2D eigenvalue weighted by Gasteiger charge is -2.26. The molecule has 20 heavy (non-hydrogen) atoms. The lowest BCUT2D eigenvalue weighted by atomic mass is 10.2. The van der Waals surface area contributed by atoms with Crippen LogP contribution in [0.4, 0.5) is 4.79 Å². The molecule has 0 aromatic rings. The second-order valence-corrected chi connectivity index (χ2v) is 8.54. The van der Waals surface area contributed by atoms with Gasteiger partial charge in [-0.1, -0.05) is 0 Å². The van der Waals surface area contributed by atoms with Gasteiger partial charge in [0.15, 0.2) is 9.84 Å². The number of carbonyl (C=O) groups excluding carboxylic acids is 1. The SMILES string of the molecule is CN(CCNC1CCCS(=O)(=O)C1)C(=O)OC(C)(C)C. The smallest absolute Gasteiger partial charge is 0.410 e. The van der Waals surface area contributed by atoms with Crippen molar-refractivity contribution in [2.75, 3.05) is 31.6 Å². The van der Waals surface area contributed by atoms with Crippen molar-refractivity contribution in [1.29, 1.82) is 0 Å². The zero-order valence-electron chi connectivity index (χ0n) is 12.8. The van der Waals surface area contributed by atoms with Crippen LogP contribution in [0.25, 0.3) is 0 Å². The van der Waals surface area contributed by atoms with Crippen molar-refractivity contribution >= 4 is 15.9 Å². The molecule has 1 N–H and O–H groups in total. The Labute approximate surface area is 121 Å². The van der Waals surface area contributed by atoms with E-state index in [0.29, 0.717) is 25.3 Å². The maximum Gasteiger partial charge on any atom is 0.410 e. The molecule has 1 amide bonds. The largest absolute Gasteiger partial charge is 0.444 e. The van der Waals surface area contributed by atoms with Gasteiger partial charge in [-0.05, 0) is 33.6 Å². The van der Waals surface area contributed by atoms with Crippen molar-refractivity contribution in [1.82, 2.24) is 10.2 Å². The van der Waals surface area contributed by atoms with Gasteiger partial charge in [-0.2, -0.15) is 0 Å². The van der Waals surface area contributed by atoms with Gasteiger partial charge < -0.3 is 15.0 Å². The van der Waals surface area contributed by atoms with E-state index in [4.69, 9.17) is 4.74 Å². The van der Waals surface area contributed by atoms with Crippen LogP contribution in [0, 0.1) is 0 Å². The van der Waals surface area contributed by atoms with E-state index in [1.165, 1.54) is 4.90 Å². The molecule has 0 aliphatic carbocycles. The number of likely N-dealkylation sites (N-methyl/N-ethyl adjacent to an activating group) is 1. The molecule has 7 heteroatoms. The Kier molecular flexibility index (Phi) is 5.82. The summed E-state index contributed by atoms with van der Waals surface area (Å²) >= 11 is 0. The summed E-state index contributed by atoms with van der Waals surface area (Å²) in [4.78, 5) is 13.2. The molecule has 0 spiro atoms. The fourth-order valence-corrected chi connectivity index (χ4v) is 3.72. The van der Waals surface area contributed by atoms with Crippen molar-refractivity contribution < 1.29 is 17.9 Å². The number of nitrogens with one attached hydrogen (secondary N) is 1. The average molecular weight is 306 g/mol. The quantitative estimate of drug-likeness (QED) is 0.839. The Morgan fingerprint density at radius 2 is 2.05 bits per heavy atom. The minimum atomic E-state index is -2.89. The third-order valence-electron chi connectivity index (χ3n) is 3.05. The van der Waals surface area contributed by atoms with Crippen molar-refractivity contribution in [3.8, 4) is 0 Å². The minimum absolute atomic E-state index is 0.000728. The second-order valence-electron chi connectivity index (χ2n) is 6.31. The van der Waals surface area contributed by atoms with Gasteiger partial charge >= 0.3 is 6.09 Å². The van der Waals surface area contributed by atoms with Crippen LogP contribution in [0.15, 0.2) is 0 Å². The number of amides is 1. The molecular formula is C13H26N2O4S. The Morgan fingerprint density at radius 1 is 1.40 bits per heavy atom. The van der Waals surface area contributed by atoms with Gasteiger partial charge in [0.2, 0.25) is 0 Å². The maximum atomic E-state index is 11.7. The molecule has 1 atom stereocenters. The van der Waals surface area contributed by atoms with Crippen LogP contribution >= 0.6 is 0 Å². The molecule has 1 saturated heterocycles. The van der Waals surface area contributed by atoms with Gasteiger partial charge in [0.25, 0.3) is 0 Å². The molecule has 1 unspecified atom stereocenters. The van der Waals surface area contributed by atoms with E-state index in [-0.39, 0.29) is 17.9 Å². The van der Waals surface area contributed by atoms with Crippen LogP contribution < -0.4 is 5.32 Å². The van der Waals surface area contributed by atoms with Crippen molar-refractivity contribution in [3.05, 3.63) is 0 Å². The van der Waals surface area contributed by atoms with Gasteiger partial charge in [0, 0.05) is 26.2 Å². The summed E-state index contributed by atoms with van der Waals surface area (Å²) in [6.45, 7) is 6.53. The Balaban J connectivity index is 2.28. The van der Waals surface area contributed by atoms with E-state index in [9.17, 15) is 13.2 Å². The lowest BCUT2D eigenvalue weighted by Crippen LogP contribution is -2.44. The first kappa shape index (κ1) is 17.2. The third kappa shape index (κ3) is 6.56. The summed E-state index contributed by atoms with van der Waals surface area (Å²) < 4.78 is 28.2. The zero-order chi connectivity index (χ0) is 15.4. The lowest BCUT2D eigenvalue weighted by molar-refractivity contribution is 0.0299. The van der Waals surface area contributed by atoms with Crippen molar-refractivity contribution in [2.45, 2.75) is 45.3 Å². The van der Waals surface area contributed by atoms with Gasteiger partial charge in [-0.3, -0.25) is 0 Å². The van der Waals surface area contributed by atoms with Crippen LogP contribution in [0.2, 0.25) is 0 Å². The number of hydrogen-bond donors (Lipinski definition) is 1. The van der Waals surface area contributed by atoms with E-state index in [2.05, 4.69) is 5.32 Å². The first-order valence-corrected chi connectivity index (χ1v) is 8.79. The van der Waals surface area contributed by atoms with Crippen molar-refractivity contribution in [2.24, 2.45) is 0 Å². The van der Waals surface area contributed by atoms with Crippen molar-refractivity contribution in [3.63, 3.8) is 0 Å². The molecule has 0 saturated carbocycles. The molecule has 118 valence electrons. The van der Waals surface area contributed by atoms with E-state index < -0.39 is 15.4 Å². The van der Waals surface area contributed by atoms with Crippen LogP contribution in [-0.4, -0.2) is 62.7 Å². The molecule has 1 fully saturated rings. The average Bonchev–Trinajstić information content (AvgIpc) is 2.25. The van der Waals surface area contributed by atoms with Gasteiger partial charge in [-0.15, -0.1) is 0 Å². The topological polar surface area (TPSA) is 75.7 Å². The summed E-state index contributed by atoms with van der Waals surface area (Å²) in [6, 6.07) is 0.000728. The summed E-state index contributed by atoms with van der Waals surface area (Å²) in [6.07, 6.45) is 1.22. The van der Waals surface area contributed by atoms with E-state index >= 15 is 0 Å². The van der Waals surface area contributed by atoms with Gasteiger partial charge in [0.1, 0.15) is 5.60 Å². The molecule has 0 aromatic heterocycles.